The molecule has 1 saturated carbocycles. The van der Waals surface area contributed by atoms with Crippen LogP contribution in [0, 0.1) is 11.8 Å². The molecule has 4 heterocycles. The number of aromatic nitrogens is 3. The third-order valence-electron chi connectivity index (χ3n) is 7.79. The standard InChI is InChI=1S/C27H31ClF2N6O2/c1-15-5-3-4-10-36(13-15)26-31-12-19(28)24(34-26)32-17-8-9-20-18(11-17)21-22(25(37)35(20)2)38-14-27(29,30)23(33-21)16-6-7-16/h8-9,11-12,15-16,23,33H,3-7,10,13-14H2,1-2H3,(H,31,32,34)/t15-,23-/m0/s1. The van der Waals surface area contributed by atoms with Gasteiger partial charge < -0.3 is 24.8 Å². The van der Waals surface area contributed by atoms with E-state index in [2.05, 4.69) is 27.4 Å². The second-order valence-corrected chi connectivity index (χ2v) is 11.3. The molecule has 2 aliphatic heterocycles. The zero-order valence-corrected chi connectivity index (χ0v) is 22.2. The van der Waals surface area contributed by atoms with Crippen LogP contribution in [0.15, 0.2) is 29.2 Å². The first-order chi connectivity index (χ1) is 18.2. The molecule has 1 aromatic carbocycles. The van der Waals surface area contributed by atoms with Crippen LogP contribution < -0.4 is 25.8 Å². The Hall–Kier alpha value is -3.14. The molecule has 1 saturated heterocycles. The SMILES string of the molecule is C[C@H]1CCCCN(c2ncc(Cl)c(Nc3ccc4c(c3)c3c(c(=O)n4C)OCC(F)(F)[C@H](C4CC4)N3)n2)C1. The first-order valence-corrected chi connectivity index (χ1v) is 13.6. The Bertz CT molecular complexity index is 1440. The van der Waals surface area contributed by atoms with Crippen molar-refractivity contribution in [3.63, 3.8) is 0 Å². The summed E-state index contributed by atoms with van der Waals surface area (Å²) >= 11 is 6.47. The number of hydrogen-bond acceptors (Lipinski definition) is 7. The average Bonchev–Trinajstić information content (AvgIpc) is 3.74. The first-order valence-electron chi connectivity index (χ1n) is 13.2. The van der Waals surface area contributed by atoms with E-state index in [0.717, 1.165) is 32.4 Å². The number of ether oxygens (including phenoxy) is 1. The maximum Gasteiger partial charge on any atom is 0.301 e. The zero-order chi connectivity index (χ0) is 26.6. The van der Waals surface area contributed by atoms with Crippen LogP contribution in [0.3, 0.4) is 0 Å². The van der Waals surface area contributed by atoms with Crippen molar-refractivity contribution in [3.8, 4) is 5.75 Å². The van der Waals surface area contributed by atoms with Gasteiger partial charge in [0.15, 0.2) is 12.4 Å². The smallest absolute Gasteiger partial charge is 0.301 e. The second kappa shape index (κ2) is 9.55. The van der Waals surface area contributed by atoms with Gasteiger partial charge in [-0.15, -0.1) is 0 Å². The van der Waals surface area contributed by atoms with Crippen LogP contribution in [-0.2, 0) is 7.05 Å². The number of benzene rings is 1. The third kappa shape index (κ3) is 4.63. The molecule has 0 spiro atoms. The summed E-state index contributed by atoms with van der Waals surface area (Å²) in [5.74, 6) is -1.71. The highest BCUT2D eigenvalue weighted by molar-refractivity contribution is 6.32. The van der Waals surface area contributed by atoms with Gasteiger partial charge in [-0.1, -0.05) is 24.9 Å². The lowest BCUT2D eigenvalue weighted by Crippen LogP contribution is -2.44. The van der Waals surface area contributed by atoms with Crippen LogP contribution in [0.5, 0.6) is 5.75 Å². The minimum absolute atomic E-state index is 0.0855. The minimum atomic E-state index is -3.09. The summed E-state index contributed by atoms with van der Waals surface area (Å²) < 4.78 is 36.7. The fraction of sp³-hybridized carbons (Fsp3) is 0.519. The zero-order valence-electron chi connectivity index (χ0n) is 21.4. The molecule has 0 unspecified atom stereocenters. The average molecular weight is 545 g/mol. The number of pyridine rings is 1. The van der Waals surface area contributed by atoms with Gasteiger partial charge in [0.2, 0.25) is 11.7 Å². The van der Waals surface area contributed by atoms with Crippen LogP contribution >= 0.6 is 11.6 Å². The van der Waals surface area contributed by atoms with Gasteiger partial charge in [-0.3, -0.25) is 4.79 Å². The summed E-state index contributed by atoms with van der Waals surface area (Å²) in [7, 11) is 1.61. The van der Waals surface area contributed by atoms with E-state index in [-0.39, 0.29) is 11.7 Å². The van der Waals surface area contributed by atoms with Gasteiger partial charge >= 0.3 is 5.92 Å². The van der Waals surface area contributed by atoms with Crippen LogP contribution in [0.2, 0.25) is 5.02 Å². The van der Waals surface area contributed by atoms with Gasteiger partial charge in [0.25, 0.3) is 5.56 Å². The third-order valence-corrected chi connectivity index (χ3v) is 8.07. The number of aryl methyl sites for hydroxylation is 1. The van der Waals surface area contributed by atoms with Gasteiger partial charge in [0.1, 0.15) is 5.02 Å². The van der Waals surface area contributed by atoms with Crippen LogP contribution in [-0.4, -0.2) is 46.2 Å². The molecular formula is C27H31ClF2N6O2. The molecule has 0 radical (unpaired) electrons. The molecule has 8 nitrogen and oxygen atoms in total. The monoisotopic (exact) mass is 544 g/mol. The van der Waals surface area contributed by atoms with Crippen molar-refractivity contribution in [2.24, 2.45) is 18.9 Å². The van der Waals surface area contributed by atoms with Gasteiger partial charge in [-0.25, -0.2) is 13.8 Å². The van der Waals surface area contributed by atoms with Crippen molar-refractivity contribution in [1.82, 2.24) is 14.5 Å². The highest BCUT2D eigenvalue weighted by Gasteiger charge is 2.51. The molecule has 3 aromatic rings. The van der Waals surface area contributed by atoms with Crippen molar-refractivity contribution in [2.75, 3.05) is 35.2 Å². The topological polar surface area (TPSA) is 84.3 Å². The molecule has 11 heteroatoms. The Balaban J connectivity index is 1.38. The highest BCUT2D eigenvalue weighted by atomic mass is 35.5. The lowest BCUT2D eigenvalue weighted by atomic mass is 10.0. The van der Waals surface area contributed by atoms with Gasteiger partial charge in [0, 0.05) is 31.2 Å². The molecule has 1 aliphatic carbocycles. The van der Waals surface area contributed by atoms with E-state index >= 15 is 0 Å². The number of fused-ring (bicyclic) bond motifs is 3. The maximum absolute atomic E-state index is 14.9. The summed E-state index contributed by atoms with van der Waals surface area (Å²) in [5, 5.41) is 7.25. The van der Waals surface area contributed by atoms with E-state index in [0.29, 0.717) is 45.0 Å². The molecular weight excluding hydrogens is 514 g/mol. The summed E-state index contributed by atoms with van der Waals surface area (Å²) in [6, 6.07) is 4.31. The van der Waals surface area contributed by atoms with E-state index in [1.807, 2.05) is 12.1 Å². The molecule has 2 aromatic heterocycles. The molecule has 0 bridgehead atoms. The number of halogens is 3. The molecule has 0 amide bonds. The van der Waals surface area contributed by atoms with Crippen LogP contribution in [0.25, 0.3) is 10.9 Å². The Morgan fingerprint density at radius 1 is 1.24 bits per heavy atom. The molecule has 202 valence electrons. The molecule has 6 rings (SSSR count). The van der Waals surface area contributed by atoms with Crippen molar-refractivity contribution < 1.29 is 13.5 Å². The Morgan fingerprint density at radius 3 is 2.84 bits per heavy atom. The van der Waals surface area contributed by atoms with Crippen LogP contribution in [0.1, 0.15) is 39.0 Å². The molecule has 3 aliphatic rings. The quantitative estimate of drug-likeness (QED) is 0.444. The lowest BCUT2D eigenvalue weighted by Gasteiger charge is -2.25. The van der Waals surface area contributed by atoms with Gasteiger partial charge in [-0.2, -0.15) is 4.98 Å². The highest BCUT2D eigenvalue weighted by Crippen LogP contribution is 2.45. The Labute approximate surface area is 224 Å². The van der Waals surface area contributed by atoms with Crippen LogP contribution in [0.4, 0.5) is 31.9 Å². The summed E-state index contributed by atoms with van der Waals surface area (Å²) in [4.78, 5) is 24.4. The fourth-order valence-corrected chi connectivity index (χ4v) is 5.69. The maximum atomic E-state index is 14.9. The predicted octanol–water partition coefficient (Wildman–Crippen LogP) is 5.57. The lowest BCUT2D eigenvalue weighted by molar-refractivity contribution is -0.0579. The number of anilines is 4. The Kier molecular flexibility index (Phi) is 6.32. The van der Waals surface area contributed by atoms with E-state index in [1.165, 1.54) is 17.4 Å². The molecule has 2 atom stereocenters. The minimum Gasteiger partial charge on any atom is -0.480 e. The number of nitrogens with one attached hydrogen (secondary N) is 2. The normalized spacial score (nSPS) is 23.1. The predicted molar refractivity (Wildman–Crippen MR) is 145 cm³/mol. The first kappa shape index (κ1) is 25.2. The van der Waals surface area contributed by atoms with Gasteiger partial charge in [0.05, 0.1) is 23.4 Å². The molecule has 38 heavy (non-hydrogen) atoms. The largest absolute Gasteiger partial charge is 0.480 e. The van der Waals surface area contributed by atoms with E-state index in [1.54, 1.807) is 19.3 Å². The Morgan fingerprint density at radius 2 is 2.05 bits per heavy atom. The van der Waals surface area contributed by atoms with Crippen molar-refractivity contribution in [2.45, 2.75) is 51.0 Å². The number of rotatable bonds is 4. The second-order valence-electron chi connectivity index (χ2n) is 10.8. The van der Waals surface area contributed by atoms with Gasteiger partial charge in [-0.05, 0) is 55.7 Å². The summed E-state index contributed by atoms with van der Waals surface area (Å²) in [6.07, 6.45) is 6.50. The van der Waals surface area contributed by atoms with E-state index < -0.39 is 24.1 Å². The van der Waals surface area contributed by atoms with Crippen molar-refractivity contribution in [3.05, 3.63) is 39.8 Å². The van der Waals surface area contributed by atoms with Crippen molar-refractivity contribution in [1.29, 1.82) is 0 Å². The number of nitrogens with zero attached hydrogens (tertiary/aromatic N) is 4. The number of alkyl halides is 2. The summed E-state index contributed by atoms with van der Waals surface area (Å²) in [6.45, 7) is 3.18. The fourth-order valence-electron chi connectivity index (χ4n) is 5.56. The van der Waals surface area contributed by atoms with E-state index in [4.69, 9.17) is 21.3 Å². The van der Waals surface area contributed by atoms with Crippen molar-refractivity contribution >= 4 is 45.6 Å². The molecule has 2 N–H and O–H groups in total. The molecule has 2 fully saturated rings. The van der Waals surface area contributed by atoms with E-state index in [9.17, 15) is 13.6 Å². The summed E-state index contributed by atoms with van der Waals surface area (Å²) in [5.41, 5.74) is 1.09. The number of hydrogen-bond donors (Lipinski definition) is 2.